The summed E-state index contributed by atoms with van der Waals surface area (Å²) in [4.78, 5) is 19.0. The fraction of sp³-hybridized carbons (Fsp3) is 0.588. The number of morpholine rings is 1. The number of benzene rings is 1. The summed E-state index contributed by atoms with van der Waals surface area (Å²) >= 11 is 0. The summed E-state index contributed by atoms with van der Waals surface area (Å²) in [5.74, 6) is 0.0636. The lowest BCUT2D eigenvalue weighted by atomic mass is 10.2. The summed E-state index contributed by atoms with van der Waals surface area (Å²) in [6, 6.07) is 8.09. The van der Waals surface area contributed by atoms with Crippen molar-refractivity contribution in [1.82, 2.24) is 9.80 Å². The minimum Gasteiger partial charge on any atom is -0.378 e. The van der Waals surface area contributed by atoms with Gasteiger partial charge in [-0.2, -0.15) is 0 Å². The molecule has 1 aromatic rings. The third-order valence-corrected chi connectivity index (χ3v) is 4.49. The molecule has 1 N–H and O–H groups in total. The Bertz CT molecular complexity index is 506. The first kappa shape index (κ1) is 16.2. The van der Waals surface area contributed by atoms with E-state index in [2.05, 4.69) is 39.2 Å². The second-order valence-electron chi connectivity index (χ2n) is 6.27. The van der Waals surface area contributed by atoms with Gasteiger partial charge in [0, 0.05) is 50.6 Å². The van der Waals surface area contributed by atoms with Crippen LogP contribution in [0.3, 0.4) is 0 Å². The Morgan fingerprint density at radius 1 is 1.04 bits per heavy atom. The van der Waals surface area contributed by atoms with Crippen molar-refractivity contribution in [3.8, 4) is 0 Å². The number of hydrogen-bond donors (Lipinski definition) is 1. The van der Waals surface area contributed by atoms with Crippen LogP contribution in [0.15, 0.2) is 24.3 Å². The number of likely N-dealkylation sites (N-methyl/N-ethyl adjacent to an activating group) is 1. The summed E-state index contributed by atoms with van der Waals surface area (Å²) in [7, 11) is 2.12. The van der Waals surface area contributed by atoms with Crippen LogP contribution in [0.4, 0.5) is 11.4 Å². The van der Waals surface area contributed by atoms with E-state index in [1.54, 1.807) is 0 Å². The molecule has 0 unspecified atom stereocenters. The Labute approximate surface area is 138 Å². The van der Waals surface area contributed by atoms with E-state index in [-0.39, 0.29) is 5.91 Å². The van der Waals surface area contributed by atoms with Gasteiger partial charge in [0.15, 0.2) is 0 Å². The average Bonchev–Trinajstić information content (AvgIpc) is 2.58. The van der Waals surface area contributed by atoms with Gasteiger partial charge in [0.2, 0.25) is 5.91 Å². The van der Waals surface area contributed by atoms with Gasteiger partial charge >= 0.3 is 0 Å². The molecule has 0 bridgehead atoms. The van der Waals surface area contributed by atoms with E-state index in [0.717, 1.165) is 58.2 Å². The van der Waals surface area contributed by atoms with Crippen LogP contribution >= 0.6 is 0 Å². The van der Waals surface area contributed by atoms with Crippen LogP contribution in [0.5, 0.6) is 0 Å². The molecule has 0 aliphatic carbocycles. The van der Waals surface area contributed by atoms with E-state index in [1.165, 1.54) is 5.69 Å². The Morgan fingerprint density at radius 3 is 2.35 bits per heavy atom. The number of hydrogen-bond acceptors (Lipinski definition) is 5. The minimum absolute atomic E-state index is 0.0636. The summed E-state index contributed by atoms with van der Waals surface area (Å²) in [5, 5.41) is 2.99. The molecule has 126 valence electrons. The third kappa shape index (κ3) is 4.67. The van der Waals surface area contributed by atoms with Gasteiger partial charge in [-0.25, -0.2) is 0 Å². The maximum atomic E-state index is 12.2. The van der Waals surface area contributed by atoms with Crippen LogP contribution in [-0.2, 0) is 9.53 Å². The number of rotatable bonds is 4. The van der Waals surface area contributed by atoms with Crippen molar-refractivity contribution in [1.29, 1.82) is 0 Å². The molecule has 6 heteroatoms. The summed E-state index contributed by atoms with van der Waals surface area (Å²) in [6.45, 7) is 7.86. The summed E-state index contributed by atoms with van der Waals surface area (Å²) in [6.07, 6.45) is 0. The monoisotopic (exact) mass is 318 g/mol. The highest BCUT2D eigenvalue weighted by Gasteiger charge is 2.16. The SMILES string of the molecule is CN1CCN(CC(=O)Nc2ccc(N3CCOCC3)cc2)CC1. The van der Waals surface area contributed by atoms with Crippen molar-refractivity contribution in [2.75, 3.05) is 76.3 Å². The maximum absolute atomic E-state index is 12.2. The lowest BCUT2D eigenvalue weighted by Gasteiger charge is -2.31. The number of nitrogens with zero attached hydrogens (tertiary/aromatic N) is 3. The first-order valence-electron chi connectivity index (χ1n) is 8.34. The van der Waals surface area contributed by atoms with Crippen molar-refractivity contribution in [3.05, 3.63) is 24.3 Å². The molecule has 0 spiro atoms. The number of ether oxygens (including phenoxy) is 1. The van der Waals surface area contributed by atoms with Crippen LogP contribution in [0, 0.1) is 0 Å². The molecule has 0 atom stereocenters. The smallest absolute Gasteiger partial charge is 0.238 e. The van der Waals surface area contributed by atoms with Crippen molar-refractivity contribution < 1.29 is 9.53 Å². The van der Waals surface area contributed by atoms with Crippen LogP contribution < -0.4 is 10.2 Å². The zero-order valence-electron chi connectivity index (χ0n) is 13.8. The number of amides is 1. The number of anilines is 2. The largest absolute Gasteiger partial charge is 0.378 e. The Kier molecular flexibility index (Phi) is 5.48. The third-order valence-electron chi connectivity index (χ3n) is 4.49. The number of carbonyl (C=O) groups excluding carboxylic acids is 1. The highest BCUT2D eigenvalue weighted by molar-refractivity contribution is 5.92. The van der Waals surface area contributed by atoms with Gasteiger partial charge in [0.1, 0.15) is 0 Å². The molecule has 2 saturated heterocycles. The first-order chi connectivity index (χ1) is 11.2. The van der Waals surface area contributed by atoms with Crippen LogP contribution in [0.2, 0.25) is 0 Å². The zero-order valence-corrected chi connectivity index (χ0v) is 13.8. The molecule has 0 radical (unpaired) electrons. The normalized spacial score (nSPS) is 20.5. The molecule has 2 aliphatic heterocycles. The second-order valence-corrected chi connectivity index (χ2v) is 6.27. The molecule has 23 heavy (non-hydrogen) atoms. The highest BCUT2D eigenvalue weighted by atomic mass is 16.5. The molecule has 3 rings (SSSR count). The Hall–Kier alpha value is -1.63. The topological polar surface area (TPSA) is 48.0 Å². The van der Waals surface area contributed by atoms with Gasteiger partial charge < -0.3 is 19.9 Å². The van der Waals surface area contributed by atoms with E-state index in [0.29, 0.717) is 6.54 Å². The quantitative estimate of drug-likeness (QED) is 0.886. The van der Waals surface area contributed by atoms with Crippen molar-refractivity contribution in [2.45, 2.75) is 0 Å². The van der Waals surface area contributed by atoms with Gasteiger partial charge in [0.25, 0.3) is 0 Å². The second kappa shape index (κ2) is 7.77. The molecular weight excluding hydrogens is 292 g/mol. The molecule has 2 aliphatic rings. The predicted octanol–water partition coefficient (Wildman–Crippen LogP) is 0.709. The van der Waals surface area contributed by atoms with Crippen molar-refractivity contribution in [3.63, 3.8) is 0 Å². The van der Waals surface area contributed by atoms with Gasteiger partial charge in [-0.05, 0) is 31.3 Å². The van der Waals surface area contributed by atoms with E-state index >= 15 is 0 Å². The van der Waals surface area contributed by atoms with Crippen LogP contribution in [0.25, 0.3) is 0 Å². The van der Waals surface area contributed by atoms with Gasteiger partial charge in [-0.1, -0.05) is 0 Å². The molecule has 0 saturated carbocycles. The molecule has 1 amide bonds. The Morgan fingerprint density at radius 2 is 1.70 bits per heavy atom. The molecular formula is C17H26N4O2. The predicted molar refractivity (Wildman–Crippen MR) is 92.0 cm³/mol. The van der Waals surface area contributed by atoms with Crippen LogP contribution in [0.1, 0.15) is 0 Å². The van der Waals surface area contributed by atoms with Gasteiger partial charge in [-0.3, -0.25) is 9.69 Å². The fourth-order valence-corrected chi connectivity index (χ4v) is 2.99. The van der Waals surface area contributed by atoms with E-state index < -0.39 is 0 Å². The minimum atomic E-state index is 0.0636. The molecule has 6 nitrogen and oxygen atoms in total. The fourth-order valence-electron chi connectivity index (χ4n) is 2.99. The molecule has 2 heterocycles. The molecule has 2 fully saturated rings. The summed E-state index contributed by atoms with van der Waals surface area (Å²) < 4.78 is 5.37. The zero-order chi connectivity index (χ0) is 16.1. The molecule has 1 aromatic carbocycles. The number of piperazine rings is 1. The lowest BCUT2D eigenvalue weighted by Crippen LogP contribution is -2.47. The van der Waals surface area contributed by atoms with Crippen molar-refractivity contribution >= 4 is 17.3 Å². The highest BCUT2D eigenvalue weighted by Crippen LogP contribution is 2.19. The van der Waals surface area contributed by atoms with Gasteiger partial charge in [-0.15, -0.1) is 0 Å². The Balaban J connectivity index is 1.48. The standard InChI is InChI=1S/C17H26N4O2/c1-19-6-8-20(9-7-19)14-17(22)18-15-2-4-16(5-3-15)21-10-12-23-13-11-21/h2-5H,6-14H2,1H3,(H,18,22). The lowest BCUT2D eigenvalue weighted by molar-refractivity contribution is -0.117. The van der Waals surface area contributed by atoms with Gasteiger partial charge in [0.05, 0.1) is 19.8 Å². The molecule has 0 aromatic heterocycles. The van der Waals surface area contributed by atoms with Crippen molar-refractivity contribution in [2.24, 2.45) is 0 Å². The van der Waals surface area contributed by atoms with E-state index in [9.17, 15) is 4.79 Å². The number of carbonyl (C=O) groups is 1. The average molecular weight is 318 g/mol. The number of nitrogens with one attached hydrogen (secondary N) is 1. The first-order valence-corrected chi connectivity index (χ1v) is 8.34. The summed E-state index contributed by atoms with van der Waals surface area (Å²) in [5.41, 5.74) is 2.05. The maximum Gasteiger partial charge on any atom is 0.238 e. The van der Waals surface area contributed by atoms with E-state index in [4.69, 9.17) is 4.74 Å². The van der Waals surface area contributed by atoms with Crippen LogP contribution in [-0.4, -0.2) is 81.8 Å². The van der Waals surface area contributed by atoms with E-state index in [1.807, 2.05) is 12.1 Å².